The average Bonchev–Trinajstić information content (AvgIpc) is 2.50. The van der Waals surface area contributed by atoms with Gasteiger partial charge in [-0.3, -0.25) is 9.28 Å². The van der Waals surface area contributed by atoms with Gasteiger partial charge in [0.1, 0.15) is 6.54 Å². The molecular formula is C8H16N2Na2O3. The first-order chi connectivity index (χ1) is 5.68. The molecule has 0 aromatic heterocycles. The fourth-order valence-corrected chi connectivity index (χ4v) is 1.43. The average molecular weight is 234 g/mol. The Balaban J connectivity index is -0.000000480. The largest absolute Gasteiger partial charge is 0.870 e. The van der Waals surface area contributed by atoms with Crippen LogP contribution in [-0.2, 0) is 4.79 Å². The number of aliphatic carboxylic acids is 1. The number of quaternary nitrogens is 1. The van der Waals surface area contributed by atoms with E-state index in [2.05, 4.69) is 11.9 Å². The molecule has 0 aliphatic carbocycles. The third kappa shape index (κ3) is 7.07. The van der Waals surface area contributed by atoms with Gasteiger partial charge in [0.25, 0.3) is 0 Å². The van der Waals surface area contributed by atoms with E-state index in [1.807, 2.05) is 6.34 Å². The quantitative estimate of drug-likeness (QED) is 0.521. The van der Waals surface area contributed by atoms with Crippen LogP contribution in [0.1, 0.15) is 13.3 Å². The molecular weight excluding hydrogens is 218 g/mol. The van der Waals surface area contributed by atoms with Crippen LogP contribution in [0.2, 0.25) is 0 Å². The minimum absolute atomic E-state index is 0. The number of hydrogen-bond donors (Lipinski definition) is 1. The minimum atomic E-state index is -0.721. The Morgan fingerprint density at radius 3 is 2.47 bits per heavy atom. The molecule has 7 heteroatoms. The van der Waals surface area contributed by atoms with Gasteiger partial charge in [0.2, 0.25) is 0 Å². The summed E-state index contributed by atoms with van der Waals surface area (Å²) in [6, 6.07) is 0. The molecule has 1 rings (SSSR count). The maximum absolute atomic E-state index is 10.4. The molecule has 0 fully saturated rings. The Labute approximate surface area is 134 Å². The van der Waals surface area contributed by atoms with E-state index in [9.17, 15) is 4.79 Å². The number of carboxylic acid groups (broad SMARTS) is 1. The second-order valence-corrected chi connectivity index (χ2v) is 3.15. The van der Waals surface area contributed by atoms with Crippen molar-refractivity contribution in [2.24, 2.45) is 4.99 Å². The Morgan fingerprint density at radius 2 is 2.13 bits per heavy atom. The van der Waals surface area contributed by atoms with Crippen molar-refractivity contribution in [1.82, 2.24) is 0 Å². The van der Waals surface area contributed by atoms with Crippen LogP contribution in [0.5, 0.6) is 0 Å². The van der Waals surface area contributed by atoms with Crippen molar-refractivity contribution in [3.8, 4) is 0 Å². The Hall–Kier alpha value is 1.06. The third-order valence-corrected chi connectivity index (χ3v) is 2.40. The van der Waals surface area contributed by atoms with E-state index in [0.717, 1.165) is 24.1 Å². The van der Waals surface area contributed by atoms with Gasteiger partial charge in [-0.25, -0.2) is 4.99 Å². The molecule has 1 unspecified atom stereocenters. The maximum atomic E-state index is 10.4. The number of likely N-dealkylation sites (N-methyl/N-ethyl adjacent to an activating group) is 1. The first kappa shape index (κ1) is 21.4. The summed E-state index contributed by atoms with van der Waals surface area (Å²) in [6.45, 7) is 5.49. The van der Waals surface area contributed by atoms with E-state index in [4.69, 9.17) is 5.11 Å². The summed E-state index contributed by atoms with van der Waals surface area (Å²) in [4.78, 5) is 14.5. The fraction of sp³-hybridized carbons (Fsp3) is 0.750. The molecule has 78 valence electrons. The van der Waals surface area contributed by atoms with E-state index < -0.39 is 5.97 Å². The van der Waals surface area contributed by atoms with Gasteiger partial charge in [0, 0.05) is 59.1 Å². The summed E-state index contributed by atoms with van der Waals surface area (Å²) in [5.41, 5.74) is 0. The smallest absolute Gasteiger partial charge is 0.309 e. The molecule has 0 spiro atoms. The van der Waals surface area contributed by atoms with Gasteiger partial charge < -0.3 is 10.6 Å². The zero-order chi connectivity index (χ0) is 9.03. The van der Waals surface area contributed by atoms with Crippen molar-refractivity contribution in [1.29, 1.82) is 0 Å². The van der Waals surface area contributed by atoms with Crippen LogP contribution in [0.4, 0.5) is 0 Å². The summed E-state index contributed by atoms with van der Waals surface area (Å²) in [7, 11) is 0. The van der Waals surface area contributed by atoms with Crippen LogP contribution in [0, 0.1) is 0 Å². The van der Waals surface area contributed by atoms with Crippen molar-refractivity contribution in [2.75, 3.05) is 26.2 Å². The Kier molecular flexibility index (Phi) is 14.6. The molecule has 2 N–H and O–H groups in total. The van der Waals surface area contributed by atoms with E-state index in [0.29, 0.717) is 6.54 Å². The number of nitrogens with zero attached hydrogens (tertiary/aromatic N) is 2. The maximum Gasteiger partial charge on any atom is 0.309 e. The van der Waals surface area contributed by atoms with Crippen molar-refractivity contribution < 1.29 is 19.9 Å². The van der Waals surface area contributed by atoms with Gasteiger partial charge in [-0.2, -0.15) is 0 Å². The zero-order valence-electron chi connectivity index (χ0n) is 9.81. The Morgan fingerprint density at radius 1 is 1.53 bits per heavy atom. The van der Waals surface area contributed by atoms with Crippen molar-refractivity contribution in [2.45, 2.75) is 13.3 Å². The van der Waals surface area contributed by atoms with Gasteiger partial charge in [0.15, 0.2) is 6.34 Å². The summed E-state index contributed by atoms with van der Waals surface area (Å²) >= 11 is 0. The number of carboxylic acids is 1. The number of hydrogen-bond acceptors (Lipinski definition) is 3. The summed E-state index contributed by atoms with van der Waals surface area (Å²) < 4.78 is 0.742. The van der Waals surface area contributed by atoms with Gasteiger partial charge in [0.05, 0.1) is 26.1 Å². The molecule has 1 heterocycles. The van der Waals surface area contributed by atoms with E-state index in [1.54, 1.807) is 0 Å². The number of carbonyl (C=O) groups is 1. The summed E-state index contributed by atoms with van der Waals surface area (Å²) in [5.74, 6) is -0.721. The number of aliphatic imine (C=N–C) groups is 1. The van der Waals surface area contributed by atoms with Crippen LogP contribution in [-0.4, -0.2) is 113 Å². The number of rotatable bonds is 4. The van der Waals surface area contributed by atoms with Crippen LogP contribution in [0.25, 0.3) is 0 Å². The standard InChI is InChI=1S/C8H14N2O2.2Na.H2O/c1-2-10(5-3-8(11)12)6-4-9-7-10;;;/h7H,2-6H2,1H3;;;1H2. The first-order valence-electron chi connectivity index (χ1n) is 4.27. The molecule has 0 aromatic carbocycles. The second kappa shape index (κ2) is 10.2. The van der Waals surface area contributed by atoms with Crippen LogP contribution in [0.3, 0.4) is 0 Å². The molecule has 0 saturated heterocycles. The molecule has 0 amide bonds. The summed E-state index contributed by atoms with van der Waals surface area (Å²) in [6.07, 6.45) is 2.13. The molecule has 1 atom stereocenters. The summed E-state index contributed by atoms with van der Waals surface area (Å²) in [5, 5.41) is 8.53. The van der Waals surface area contributed by atoms with Crippen LogP contribution in [0.15, 0.2) is 4.99 Å². The Bertz CT molecular complexity index is 214. The molecule has 0 aromatic rings. The zero-order valence-corrected chi connectivity index (χ0v) is 13.8. The van der Waals surface area contributed by atoms with E-state index in [1.165, 1.54) is 0 Å². The predicted octanol–water partition coefficient (Wildman–Crippen LogP) is -0.599. The van der Waals surface area contributed by atoms with E-state index >= 15 is 0 Å². The van der Waals surface area contributed by atoms with Gasteiger partial charge >= 0.3 is 5.97 Å². The predicted molar refractivity (Wildman–Crippen MR) is 59.6 cm³/mol. The van der Waals surface area contributed by atoms with Crippen molar-refractivity contribution in [3.63, 3.8) is 0 Å². The monoisotopic (exact) mass is 234 g/mol. The van der Waals surface area contributed by atoms with Crippen molar-refractivity contribution in [3.05, 3.63) is 0 Å². The molecule has 0 bridgehead atoms. The van der Waals surface area contributed by atoms with Crippen LogP contribution >= 0.6 is 0 Å². The van der Waals surface area contributed by atoms with Gasteiger partial charge in [-0.15, -0.1) is 0 Å². The second-order valence-electron chi connectivity index (χ2n) is 3.15. The van der Waals surface area contributed by atoms with Crippen molar-refractivity contribution >= 4 is 71.4 Å². The normalized spacial score (nSPS) is 22.2. The fourth-order valence-electron chi connectivity index (χ4n) is 1.43. The third-order valence-electron chi connectivity index (χ3n) is 2.40. The molecule has 0 saturated carbocycles. The van der Waals surface area contributed by atoms with E-state index in [-0.39, 0.29) is 71.0 Å². The molecule has 1 aliphatic heterocycles. The molecule has 5 nitrogen and oxygen atoms in total. The molecule has 1 aliphatic rings. The first-order valence-corrected chi connectivity index (χ1v) is 4.27. The topological polar surface area (TPSA) is 79.7 Å². The minimum Gasteiger partial charge on any atom is -0.870 e. The molecule has 15 heavy (non-hydrogen) atoms. The SMILES string of the molecule is CC[N+]1(CCC(=O)O)C=NCC1.[Na].[Na].[OH-]. The van der Waals surface area contributed by atoms with Gasteiger partial charge in [-0.1, -0.05) is 0 Å². The van der Waals surface area contributed by atoms with Gasteiger partial charge in [-0.05, 0) is 6.92 Å². The van der Waals surface area contributed by atoms with Crippen LogP contribution < -0.4 is 0 Å². The molecule has 2 radical (unpaired) electrons.